The zero-order valence-corrected chi connectivity index (χ0v) is 10.7. The molecule has 1 N–H and O–H groups in total. The van der Waals surface area contributed by atoms with E-state index in [1.54, 1.807) is 19.6 Å². The van der Waals surface area contributed by atoms with Gasteiger partial charge < -0.3 is 14.5 Å². The highest BCUT2D eigenvalue weighted by molar-refractivity contribution is 5.42. The van der Waals surface area contributed by atoms with Gasteiger partial charge in [0.25, 0.3) is 0 Å². The summed E-state index contributed by atoms with van der Waals surface area (Å²) in [5.74, 6) is 1.65. The summed E-state index contributed by atoms with van der Waals surface area (Å²) in [4.78, 5) is 4.16. The van der Waals surface area contributed by atoms with Crippen LogP contribution in [0.4, 0.5) is 5.69 Å². The summed E-state index contributed by atoms with van der Waals surface area (Å²) in [5.41, 5.74) is 1.00. The van der Waals surface area contributed by atoms with Crippen molar-refractivity contribution in [1.29, 1.82) is 0 Å². The van der Waals surface area contributed by atoms with Gasteiger partial charge in [-0.1, -0.05) is 0 Å². The predicted molar refractivity (Wildman–Crippen MR) is 70.9 cm³/mol. The third-order valence-corrected chi connectivity index (χ3v) is 2.76. The third-order valence-electron chi connectivity index (χ3n) is 2.76. The second kappa shape index (κ2) is 6.10. The van der Waals surface area contributed by atoms with E-state index in [0.717, 1.165) is 24.3 Å². The quantitative estimate of drug-likeness (QED) is 0.850. The van der Waals surface area contributed by atoms with Gasteiger partial charge >= 0.3 is 0 Å². The van der Waals surface area contributed by atoms with E-state index in [0.29, 0.717) is 11.9 Å². The highest BCUT2D eigenvalue weighted by atomic mass is 16.5. The summed E-state index contributed by atoms with van der Waals surface area (Å²) in [6.45, 7) is 2.15. The van der Waals surface area contributed by atoms with Crippen LogP contribution in [0.15, 0.2) is 41.1 Å². The Morgan fingerprint density at radius 2 is 2.28 bits per heavy atom. The summed E-state index contributed by atoms with van der Waals surface area (Å²) in [6, 6.07) is 8.10. The molecule has 96 valence electrons. The molecule has 1 unspecified atom stereocenters. The molecule has 0 saturated heterocycles. The monoisotopic (exact) mass is 246 g/mol. The molecule has 0 aliphatic carbocycles. The van der Waals surface area contributed by atoms with E-state index in [9.17, 15) is 0 Å². The Kier molecular flexibility index (Phi) is 4.23. The van der Waals surface area contributed by atoms with E-state index in [1.807, 2.05) is 24.3 Å². The minimum absolute atomic E-state index is 0.366. The van der Waals surface area contributed by atoms with E-state index in [1.165, 1.54) is 0 Å². The number of hydrogen-bond donors (Lipinski definition) is 1. The van der Waals surface area contributed by atoms with Gasteiger partial charge in [-0.05, 0) is 31.5 Å². The minimum Gasteiger partial charge on any atom is -0.481 e. The van der Waals surface area contributed by atoms with Gasteiger partial charge in [0.15, 0.2) is 0 Å². The van der Waals surface area contributed by atoms with E-state index in [2.05, 4.69) is 17.2 Å². The van der Waals surface area contributed by atoms with Crippen molar-refractivity contribution in [2.75, 3.05) is 12.4 Å². The number of methoxy groups -OCH3 is 1. The first-order chi connectivity index (χ1) is 8.78. The van der Waals surface area contributed by atoms with Crippen molar-refractivity contribution in [1.82, 2.24) is 4.98 Å². The maximum Gasteiger partial charge on any atom is 0.213 e. The summed E-state index contributed by atoms with van der Waals surface area (Å²) >= 11 is 0. The number of nitrogens with one attached hydrogen (secondary N) is 1. The molecular formula is C14H18N2O2. The fourth-order valence-corrected chi connectivity index (χ4v) is 1.76. The summed E-state index contributed by atoms with van der Waals surface area (Å²) in [6.07, 6.45) is 5.44. The molecule has 2 rings (SSSR count). The highest BCUT2D eigenvalue weighted by Crippen LogP contribution is 2.14. The first-order valence-corrected chi connectivity index (χ1v) is 6.07. The molecule has 4 nitrogen and oxygen atoms in total. The van der Waals surface area contributed by atoms with Crippen LogP contribution in [0.2, 0.25) is 0 Å². The SMILES string of the molecule is COc1ccc(NC(C)CCc2ccco2)cn1. The first-order valence-electron chi connectivity index (χ1n) is 6.07. The maximum absolute atomic E-state index is 5.31. The Bertz CT molecular complexity index is 451. The molecule has 0 spiro atoms. The van der Waals surface area contributed by atoms with Crippen molar-refractivity contribution in [2.45, 2.75) is 25.8 Å². The zero-order chi connectivity index (χ0) is 12.8. The van der Waals surface area contributed by atoms with Crippen molar-refractivity contribution in [3.8, 4) is 5.88 Å². The number of furan rings is 1. The lowest BCUT2D eigenvalue weighted by Gasteiger charge is -2.14. The van der Waals surface area contributed by atoms with Crippen molar-refractivity contribution in [3.05, 3.63) is 42.5 Å². The van der Waals surface area contributed by atoms with E-state index in [4.69, 9.17) is 9.15 Å². The molecule has 4 heteroatoms. The lowest BCUT2D eigenvalue weighted by atomic mass is 10.1. The second-order valence-electron chi connectivity index (χ2n) is 4.25. The Balaban J connectivity index is 1.80. The summed E-state index contributed by atoms with van der Waals surface area (Å²) in [5, 5.41) is 3.40. The van der Waals surface area contributed by atoms with Crippen LogP contribution in [-0.4, -0.2) is 18.1 Å². The molecule has 2 aromatic heterocycles. The maximum atomic E-state index is 5.31. The number of ether oxygens (including phenoxy) is 1. The number of aryl methyl sites for hydroxylation is 1. The Labute approximate surface area is 107 Å². The lowest BCUT2D eigenvalue weighted by molar-refractivity contribution is 0.398. The molecule has 0 saturated carbocycles. The first kappa shape index (κ1) is 12.5. The standard InChI is InChI=1S/C14H18N2O2/c1-11(5-7-13-4-3-9-18-13)16-12-6-8-14(17-2)15-10-12/h3-4,6,8-11,16H,5,7H2,1-2H3. The van der Waals surface area contributed by atoms with Crippen LogP contribution in [0.25, 0.3) is 0 Å². The van der Waals surface area contributed by atoms with Gasteiger partial charge in [-0.25, -0.2) is 4.98 Å². The largest absolute Gasteiger partial charge is 0.481 e. The summed E-state index contributed by atoms with van der Waals surface area (Å²) in [7, 11) is 1.61. The number of rotatable bonds is 6. The van der Waals surface area contributed by atoms with E-state index in [-0.39, 0.29) is 0 Å². The second-order valence-corrected chi connectivity index (χ2v) is 4.25. The smallest absolute Gasteiger partial charge is 0.213 e. The van der Waals surface area contributed by atoms with Gasteiger partial charge in [0.05, 0.1) is 25.3 Å². The highest BCUT2D eigenvalue weighted by Gasteiger charge is 2.04. The van der Waals surface area contributed by atoms with Crippen molar-refractivity contribution >= 4 is 5.69 Å². The molecule has 18 heavy (non-hydrogen) atoms. The Morgan fingerprint density at radius 3 is 2.89 bits per heavy atom. The molecule has 0 amide bonds. The average molecular weight is 246 g/mol. The number of aromatic nitrogens is 1. The Hall–Kier alpha value is -1.97. The number of nitrogens with zero attached hydrogens (tertiary/aromatic N) is 1. The van der Waals surface area contributed by atoms with Gasteiger partial charge in [-0.15, -0.1) is 0 Å². The number of pyridine rings is 1. The summed E-state index contributed by atoms with van der Waals surface area (Å²) < 4.78 is 10.3. The molecule has 0 fully saturated rings. The molecule has 2 heterocycles. The van der Waals surface area contributed by atoms with Crippen molar-refractivity contribution in [2.24, 2.45) is 0 Å². The van der Waals surface area contributed by atoms with Gasteiger partial charge in [0, 0.05) is 18.5 Å². The molecule has 0 aromatic carbocycles. The lowest BCUT2D eigenvalue weighted by Crippen LogP contribution is -2.15. The van der Waals surface area contributed by atoms with Gasteiger partial charge in [-0.2, -0.15) is 0 Å². The number of anilines is 1. The molecular weight excluding hydrogens is 228 g/mol. The minimum atomic E-state index is 0.366. The molecule has 1 atom stereocenters. The van der Waals surface area contributed by atoms with E-state index < -0.39 is 0 Å². The van der Waals surface area contributed by atoms with Gasteiger partial charge in [-0.3, -0.25) is 0 Å². The van der Waals surface area contributed by atoms with Crippen LogP contribution >= 0.6 is 0 Å². The third kappa shape index (κ3) is 3.52. The number of hydrogen-bond acceptors (Lipinski definition) is 4. The van der Waals surface area contributed by atoms with Gasteiger partial charge in [0.2, 0.25) is 5.88 Å². The fourth-order valence-electron chi connectivity index (χ4n) is 1.76. The molecule has 0 aliphatic rings. The van der Waals surface area contributed by atoms with Crippen molar-refractivity contribution < 1.29 is 9.15 Å². The fraction of sp³-hybridized carbons (Fsp3) is 0.357. The van der Waals surface area contributed by atoms with Crippen LogP contribution in [-0.2, 0) is 6.42 Å². The zero-order valence-electron chi connectivity index (χ0n) is 10.7. The van der Waals surface area contributed by atoms with Crippen LogP contribution in [0.3, 0.4) is 0 Å². The Morgan fingerprint density at radius 1 is 1.39 bits per heavy atom. The molecule has 2 aromatic rings. The molecule has 0 bridgehead atoms. The van der Waals surface area contributed by atoms with Crippen LogP contribution in [0.5, 0.6) is 5.88 Å². The van der Waals surface area contributed by atoms with Crippen LogP contribution in [0, 0.1) is 0 Å². The van der Waals surface area contributed by atoms with Crippen LogP contribution < -0.4 is 10.1 Å². The van der Waals surface area contributed by atoms with Gasteiger partial charge in [0.1, 0.15) is 5.76 Å². The van der Waals surface area contributed by atoms with E-state index >= 15 is 0 Å². The van der Waals surface area contributed by atoms with Crippen molar-refractivity contribution in [3.63, 3.8) is 0 Å². The molecule has 0 radical (unpaired) electrons. The average Bonchev–Trinajstić information content (AvgIpc) is 2.90. The normalized spacial score (nSPS) is 12.1. The predicted octanol–water partition coefficient (Wildman–Crippen LogP) is 3.12. The molecule has 0 aliphatic heterocycles. The van der Waals surface area contributed by atoms with Crippen LogP contribution in [0.1, 0.15) is 19.1 Å². The topological polar surface area (TPSA) is 47.3 Å².